The number of anilines is 3. The minimum atomic E-state index is -0.485. The first-order valence-electron chi connectivity index (χ1n) is 26.1. The molecule has 0 atom stereocenters. The third-order valence-corrected chi connectivity index (χ3v) is 16.0. The molecule has 75 heavy (non-hydrogen) atoms. The second-order valence-corrected chi connectivity index (χ2v) is 19.9. The Bertz CT molecular complexity index is 3940. The molecule has 1 nitrogen and oxygen atoms in total. The number of hydrogen-bond donors (Lipinski definition) is 0. The maximum absolute atomic E-state index is 2.46. The van der Waals surface area contributed by atoms with Crippen LogP contribution in [0.25, 0.3) is 55.6 Å². The first-order valence-corrected chi connectivity index (χ1v) is 26.1. The van der Waals surface area contributed by atoms with Crippen molar-refractivity contribution in [2.24, 2.45) is 0 Å². The summed E-state index contributed by atoms with van der Waals surface area (Å²) in [7, 11) is 0. The lowest BCUT2D eigenvalue weighted by atomic mass is 9.67. The van der Waals surface area contributed by atoms with E-state index in [0.717, 1.165) is 28.2 Å². The largest absolute Gasteiger partial charge is 0.310 e. The van der Waals surface area contributed by atoms with Gasteiger partial charge >= 0.3 is 0 Å². The van der Waals surface area contributed by atoms with Gasteiger partial charge in [-0.05, 0) is 143 Å². The standard InChI is InChI=1S/C74H51N/c1-6-21-52(22-7-1)53-37-39-54(40-38-53)56-23-20-32-63(49-56)75(64-46-48-71-68(51-64)66-34-17-19-36-70(66)73(71,58-24-8-2-9-25-58)59-26-10-3-11-27-59)62-44-41-55(42-45-62)57-43-47-67-65-33-16-18-35-69(65)74(72(67)50-57,60-28-12-4-13-29-60)61-30-14-5-15-31-61/h1-51H. The Morgan fingerprint density at radius 2 is 0.533 bits per heavy atom. The van der Waals surface area contributed by atoms with Gasteiger partial charge in [-0.2, -0.15) is 0 Å². The van der Waals surface area contributed by atoms with E-state index in [4.69, 9.17) is 0 Å². The van der Waals surface area contributed by atoms with Crippen molar-refractivity contribution >= 4 is 17.1 Å². The predicted octanol–water partition coefficient (Wildman–Crippen LogP) is 18.9. The van der Waals surface area contributed by atoms with Crippen LogP contribution in [0.5, 0.6) is 0 Å². The maximum Gasteiger partial charge on any atom is 0.0713 e. The first-order chi connectivity index (χ1) is 37.2. The summed E-state index contributed by atoms with van der Waals surface area (Å²) in [6.07, 6.45) is 0. The summed E-state index contributed by atoms with van der Waals surface area (Å²) < 4.78 is 0. The molecule has 0 aliphatic heterocycles. The molecule has 0 unspecified atom stereocenters. The van der Waals surface area contributed by atoms with Crippen molar-refractivity contribution < 1.29 is 0 Å². The molecule has 1 heteroatoms. The molecule has 12 aromatic carbocycles. The lowest BCUT2D eigenvalue weighted by Crippen LogP contribution is -2.28. The SMILES string of the molecule is c1ccc(-c2ccc(-c3cccc(N(c4ccc(-c5ccc6c(c5)C(c5ccccc5)(c5ccccc5)c5ccccc5-6)cc4)c4ccc5c(c4)-c4ccccc4C5(c4ccccc4)c4ccccc4)c3)cc2)cc1. The van der Waals surface area contributed by atoms with Crippen LogP contribution in [0.4, 0.5) is 17.1 Å². The van der Waals surface area contributed by atoms with E-state index < -0.39 is 10.8 Å². The summed E-state index contributed by atoms with van der Waals surface area (Å²) in [5, 5.41) is 0. The second kappa shape index (κ2) is 18.2. The Morgan fingerprint density at radius 3 is 1.08 bits per heavy atom. The second-order valence-electron chi connectivity index (χ2n) is 19.9. The van der Waals surface area contributed by atoms with E-state index >= 15 is 0 Å². The van der Waals surface area contributed by atoms with Gasteiger partial charge in [-0.3, -0.25) is 0 Å². The summed E-state index contributed by atoms with van der Waals surface area (Å²) in [4.78, 5) is 2.44. The van der Waals surface area contributed by atoms with Crippen molar-refractivity contribution in [1.29, 1.82) is 0 Å². The predicted molar refractivity (Wildman–Crippen MR) is 312 cm³/mol. The first kappa shape index (κ1) is 44.2. The fourth-order valence-corrected chi connectivity index (χ4v) is 12.8. The molecule has 0 amide bonds. The summed E-state index contributed by atoms with van der Waals surface area (Å²) >= 11 is 0. The zero-order chi connectivity index (χ0) is 49.8. The highest BCUT2D eigenvalue weighted by Crippen LogP contribution is 2.59. The average Bonchev–Trinajstić information content (AvgIpc) is 3.97. The van der Waals surface area contributed by atoms with Crippen LogP contribution in [0.2, 0.25) is 0 Å². The molecular weight excluding hydrogens is 903 g/mol. The molecule has 0 fully saturated rings. The van der Waals surface area contributed by atoms with E-state index in [9.17, 15) is 0 Å². The molecule has 2 aliphatic rings. The topological polar surface area (TPSA) is 3.24 Å². The quantitative estimate of drug-likeness (QED) is 0.132. The minimum Gasteiger partial charge on any atom is -0.310 e. The molecule has 14 rings (SSSR count). The van der Waals surface area contributed by atoms with E-state index in [2.05, 4.69) is 314 Å². The molecule has 2 aliphatic carbocycles. The summed E-state index contributed by atoms with van der Waals surface area (Å²) in [5.74, 6) is 0. The Morgan fingerprint density at radius 1 is 0.187 bits per heavy atom. The number of benzene rings is 12. The van der Waals surface area contributed by atoms with Gasteiger partial charge in [0.25, 0.3) is 0 Å². The number of rotatable bonds is 10. The fourth-order valence-electron chi connectivity index (χ4n) is 12.8. The highest BCUT2D eigenvalue weighted by atomic mass is 15.1. The minimum absolute atomic E-state index is 0.473. The third-order valence-electron chi connectivity index (χ3n) is 16.0. The van der Waals surface area contributed by atoms with Crippen molar-refractivity contribution in [3.63, 3.8) is 0 Å². The molecule has 0 saturated carbocycles. The highest BCUT2D eigenvalue weighted by molar-refractivity contribution is 5.92. The van der Waals surface area contributed by atoms with Gasteiger partial charge in [0.2, 0.25) is 0 Å². The molecule has 0 bridgehead atoms. The molecule has 12 aromatic rings. The van der Waals surface area contributed by atoms with E-state index in [1.165, 1.54) is 89.0 Å². The summed E-state index contributed by atoms with van der Waals surface area (Å²) in [6, 6.07) is 114. The van der Waals surface area contributed by atoms with Gasteiger partial charge in [-0.15, -0.1) is 0 Å². The van der Waals surface area contributed by atoms with Crippen molar-refractivity contribution in [2.45, 2.75) is 10.8 Å². The Kier molecular flexibility index (Phi) is 10.7. The summed E-state index contributed by atoms with van der Waals surface area (Å²) in [5.41, 5.74) is 24.7. The molecule has 0 heterocycles. The van der Waals surface area contributed by atoms with Gasteiger partial charge in [-0.1, -0.05) is 267 Å². The van der Waals surface area contributed by atoms with E-state index in [-0.39, 0.29) is 0 Å². The Hall–Kier alpha value is -9.56. The Balaban J connectivity index is 0.920. The molecule has 352 valence electrons. The van der Waals surface area contributed by atoms with Crippen molar-refractivity contribution in [3.8, 4) is 55.6 Å². The lowest BCUT2D eigenvalue weighted by Gasteiger charge is -2.34. The molecule has 0 spiro atoms. The van der Waals surface area contributed by atoms with Crippen molar-refractivity contribution in [1.82, 2.24) is 0 Å². The van der Waals surface area contributed by atoms with Crippen LogP contribution >= 0.6 is 0 Å². The molecule has 0 N–H and O–H groups in total. The van der Waals surface area contributed by atoms with Crippen LogP contribution in [0.15, 0.2) is 309 Å². The van der Waals surface area contributed by atoms with Crippen LogP contribution in [0.1, 0.15) is 44.5 Å². The van der Waals surface area contributed by atoms with Gasteiger partial charge in [0.1, 0.15) is 0 Å². The van der Waals surface area contributed by atoms with Gasteiger partial charge < -0.3 is 4.90 Å². The molecule has 0 saturated heterocycles. The average molecular weight is 954 g/mol. The molecule has 0 aromatic heterocycles. The lowest BCUT2D eigenvalue weighted by molar-refractivity contribution is 0.768. The van der Waals surface area contributed by atoms with E-state index in [0.29, 0.717) is 0 Å². The van der Waals surface area contributed by atoms with E-state index in [1.54, 1.807) is 0 Å². The smallest absolute Gasteiger partial charge is 0.0713 e. The van der Waals surface area contributed by atoms with Crippen LogP contribution in [-0.4, -0.2) is 0 Å². The van der Waals surface area contributed by atoms with Crippen molar-refractivity contribution in [2.75, 3.05) is 4.90 Å². The van der Waals surface area contributed by atoms with Gasteiger partial charge in [0.15, 0.2) is 0 Å². The zero-order valence-electron chi connectivity index (χ0n) is 41.4. The fraction of sp³-hybridized carbons (Fsp3) is 0.0270. The number of hydrogen-bond acceptors (Lipinski definition) is 1. The zero-order valence-corrected chi connectivity index (χ0v) is 41.4. The van der Waals surface area contributed by atoms with Crippen LogP contribution in [0, 0.1) is 0 Å². The maximum atomic E-state index is 2.46. The van der Waals surface area contributed by atoms with Crippen LogP contribution in [-0.2, 0) is 10.8 Å². The Labute approximate surface area is 440 Å². The number of fused-ring (bicyclic) bond motifs is 6. The summed E-state index contributed by atoms with van der Waals surface area (Å²) in [6.45, 7) is 0. The molecular formula is C74H51N. The monoisotopic (exact) mass is 953 g/mol. The number of nitrogens with zero attached hydrogens (tertiary/aromatic N) is 1. The van der Waals surface area contributed by atoms with Crippen molar-refractivity contribution in [3.05, 3.63) is 354 Å². The van der Waals surface area contributed by atoms with E-state index in [1.807, 2.05) is 0 Å². The third kappa shape index (κ3) is 7.08. The van der Waals surface area contributed by atoms with Gasteiger partial charge in [-0.25, -0.2) is 0 Å². The van der Waals surface area contributed by atoms with Gasteiger partial charge in [0, 0.05) is 17.1 Å². The van der Waals surface area contributed by atoms with Crippen LogP contribution in [0.3, 0.4) is 0 Å². The van der Waals surface area contributed by atoms with Gasteiger partial charge in [0.05, 0.1) is 10.8 Å². The highest BCUT2D eigenvalue weighted by Gasteiger charge is 2.47. The normalized spacial score (nSPS) is 13.3. The molecule has 0 radical (unpaired) electrons. The van der Waals surface area contributed by atoms with Crippen LogP contribution < -0.4 is 4.90 Å².